The van der Waals surface area contributed by atoms with Crippen LogP contribution in [0.4, 0.5) is 0 Å². The summed E-state index contributed by atoms with van der Waals surface area (Å²) in [5.41, 5.74) is 6.37. The highest BCUT2D eigenvalue weighted by molar-refractivity contribution is 5.94. The predicted octanol–water partition coefficient (Wildman–Crippen LogP) is -0.505. The van der Waals surface area contributed by atoms with Gasteiger partial charge >= 0.3 is 5.97 Å². The molecule has 0 radical (unpaired) electrons. The number of nitrogens with one attached hydrogen (secondary N) is 3. The van der Waals surface area contributed by atoms with Crippen LogP contribution < -0.4 is 21.7 Å². The van der Waals surface area contributed by atoms with Crippen molar-refractivity contribution in [2.24, 2.45) is 17.6 Å². The molecule has 11 nitrogen and oxygen atoms in total. The average Bonchev–Trinajstić information content (AvgIpc) is 2.79. The van der Waals surface area contributed by atoms with Crippen LogP contribution in [0.1, 0.15) is 39.7 Å². The second kappa shape index (κ2) is 13.5. The fourth-order valence-electron chi connectivity index (χ4n) is 3.05. The second-order valence-electron chi connectivity index (χ2n) is 8.66. The number of phenolic OH excluding ortho intramolecular Hbond substituents is 1. The highest BCUT2D eigenvalue weighted by atomic mass is 16.4. The third-order valence-corrected chi connectivity index (χ3v) is 5.62. The van der Waals surface area contributed by atoms with Crippen LogP contribution in [0.3, 0.4) is 0 Å². The van der Waals surface area contributed by atoms with Crippen molar-refractivity contribution >= 4 is 23.7 Å². The molecule has 0 saturated heterocycles. The van der Waals surface area contributed by atoms with E-state index >= 15 is 0 Å². The number of nitrogens with two attached hydrogens (primary N) is 1. The molecule has 0 saturated carbocycles. The van der Waals surface area contributed by atoms with Gasteiger partial charge in [-0.15, -0.1) is 0 Å². The van der Waals surface area contributed by atoms with Gasteiger partial charge in [-0.2, -0.15) is 0 Å². The van der Waals surface area contributed by atoms with Crippen molar-refractivity contribution in [3.8, 4) is 5.75 Å². The summed E-state index contributed by atoms with van der Waals surface area (Å²) >= 11 is 0. The first-order valence-electron chi connectivity index (χ1n) is 11.2. The maximum atomic E-state index is 13.0. The van der Waals surface area contributed by atoms with Gasteiger partial charge in [0.05, 0.1) is 12.6 Å². The van der Waals surface area contributed by atoms with E-state index in [1.165, 1.54) is 12.1 Å². The van der Waals surface area contributed by atoms with Crippen molar-refractivity contribution in [2.45, 2.75) is 64.7 Å². The van der Waals surface area contributed by atoms with Gasteiger partial charge < -0.3 is 37.0 Å². The number of hydrogen-bond acceptors (Lipinski definition) is 7. The van der Waals surface area contributed by atoms with Crippen LogP contribution in [0.15, 0.2) is 24.3 Å². The standard InChI is InChI=1S/C23H36N4O7/c1-5-13(4)19(23(33)34)27-20(30)16(10-14-6-8-15(29)9-7-14)25-21(31)17(11-28)26-22(32)18(24)12(2)3/h6-9,12-13,16-19,28-29H,5,10-11,24H2,1-4H3,(H,25,31)(H,26,32)(H,27,30)(H,33,34). The molecule has 0 aromatic heterocycles. The van der Waals surface area contributed by atoms with Gasteiger partial charge in [0.25, 0.3) is 0 Å². The van der Waals surface area contributed by atoms with Crippen LogP contribution in [0.25, 0.3) is 0 Å². The zero-order valence-electron chi connectivity index (χ0n) is 19.9. The molecule has 1 rings (SSSR count). The van der Waals surface area contributed by atoms with Crippen LogP contribution in [0, 0.1) is 11.8 Å². The lowest BCUT2D eigenvalue weighted by Gasteiger charge is -2.26. The SMILES string of the molecule is CCC(C)C(NC(=O)C(Cc1ccc(O)cc1)NC(=O)C(CO)NC(=O)C(N)C(C)C)C(=O)O. The summed E-state index contributed by atoms with van der Waals surface area (Å²) in [6.07, 6.45) is 0.475. The largest absolute Gasteiger partial charge is 0.508 e. The smallest absolute Gasteiger partial charge is 0.326 e. The first kappa shape index (κ1) is 28.9. The van der Waals surface area contributed by atoms with E-state index in [0.29, 0.717) is 12.0 Å². The Morgan fingerprint density at radius 2 is 1.44 bits per heavy atom. The lowest BCUT2D eigenvalue weighted by Crippen LogP contribution is -2.59. The quantitative estimate of drug-likeness (QED) is 0.196. The summed E-state index contributed by atoms with van der Waals surface area (Å²) in [4.78, 5) is 49.7. The van der Waals surface area contributed by atoms with Crippen molar-refractivity contribution in [1.82, 2.24) is 16.0 Å². The number of aliphatic hydroxyl groups is 1. The number of carboxylic acids is 1. The third kappa shape index (κ3) is 8.64. The predicted molar refractivity (Wildman–Crippen MR) is 125 cm³/mol. The molecule has 5 atom stereocenters. The zero-order chi connectivity index (χ0) is 26.0. The number of aliphatic hydroxyl groups excluding tert-OH is 1. The van der Waals surface area contributed by atoms with E-state index in [1.54, 1.807) is 39.8 Å². The Labute approximate surface area is 199 Å². The number of phenols is 1. The molecule has 0 aliphatic heterocycles. The third-order valence-electron chi connectivity index (χ3n) is 5.62. The molecule has 3 amide bonds. The maximum Gasteiger partial charge on any atom is 0.326 e. The van der Waals surface area contributed by atoms with E-state index < -0.39 is 54.5 Å². The Hall–Kier alpha value is -3.18. The molecule has 0 bridgehead atoms. The number of carbonyl (C=O) groups excluding carboxylic acids is 3. The Kier molecular flexibility index (Phi) is 11.5. The Morgan fingerprint density at radius 3 is 1.91 bits per heavy atom. The van der Waals surface area contributed by atoms with Crippen molar-refractivity contribution in [3.63, 3.8) is 0 Å². The molecule has 0 heterocycles. The van der Waals surface area contributed by atoms with Crippen LogP contribution >= 0.6 is 0 Å². The molecular weight excluding hydrogens is 444 g/mol. The van der Waals surface area contributed by atoms with Crippen molar-refractivity contribution in [3.05, 3.63) is 29.8 Å². The minimum atomic E-state index is -1.36. The second-order valence-corrected chi connectivity index (χ2v) is 8.66. The van der Waals surface area contributed by atoms with Crippen LogP contribution in [-0.4, -0.2) is 69.8 Å². The highest BCUT2D eigenvalue weighted by Crippen LogP contribution is 2.13. The number of aliphatic carboxylic acids is 1. The number of amides is 3. The summed E-state index contributed by atoms with van der Waals surface area (Å²) in [7, 11) is 0. The van der Waals surface area contributed by atoms with Gasteiger partial charge in [0, 0.05) is 6.42 Å². The molecule has 5 unspecified atom stereocenters. The topological polar surface area (TPSA) is 191 Å². The first-order chi connectivity index (χ1) is 15.9. The van der Waals surface area contributed by atoms with Gasteiger partial charge in [-0.05, 0) is 29.5 Å². The van der Waals surface area contributed by atoms with E-state index in [9.17, 15) is 34.5 Å². The van der Waals surface area contributed by atoms with Crippen molar-refractivity contribution < 1.29 is 34.5 Å². The number of carboxylic acid groups (broad SMARTS) is 1. The molecule has 190 valence electrons. The molecular formula is C23H36N4O7. The lowest BCUT2D eigenvalue weighted by atomic mass is 9.98. The molecule has 0 aliphatic carbocycles. The van der Waals surface area contributed by atoms with Gasteiger partial charge in [0.1, 0.15) is 23.9 Å². The Morgan fingerprint density at radius 1 is 0.912 bits per heavy atom. The van der Waals surface area contributed by atoms with E-state index in [2.05, 4.69) is 16.0 Å². The number of hydrogen-bond donors (Lipinski definition) is 7. The summed E-state index contributed by atoms with van der Waals surface area (Å²) in [6.45, 7) is 6.19. The Bertz CT molecular complexity index is 844. The van der Waals surface area contributed by atoms with Gasteiger partial charge in [-0.25, -0.2) is 4.79 Å². The van der Waals surface area contributed by atoms with Crippen molar-refractivity contribution in [2.75, 3.05) is 6.61 Å². The van der Waals surface area contributed by atoms with Gasteiger partial charge in [-0.1, -0.05) is 46.2 Å². The molecule has 1 aromatic rings. The minimum absolute atomic E-state index is 0.0149. The molecule has 34 heavy (non-hydrogen) atoms. The van der Waals surface area contributed by atoms with Crippen molar-refractivity contribution in [1.29, 1.82) is 0 Å². The maximum absolute atomic E-state index is 13.0. The zero-order valence-corrected chi connectivity index (χ0v) is 19.9. The molecule has 0 aliphatic rings. The van der Waals surface area contributed by atoms with E-state index in [4.69, 9.17) is 5.73 Å². The molecule has 8 N–H and O–H groups in total. The molecule has 0 fully saturated rings. The number of benzene rings is 1. The van der Waals surface area contributed by atoms with Gasteiger partial charge in [-0.3, -0.25) is 14.4 Å². The van der Waals surface area contributed by atoms with Crippen LogP contribution in [0.2, 0.25) is 0 Å². The number of aromatic hydroxyl groups is 1. The van der Waals surface area contributed by atoms with E-state index in [0.717, 1.165) is 0 Å². The summed E-state index contributed by atoms with van der Waals surface area (Å²) in [6, 6.07) is 1.28. The minimum Gasteiger partial charge on any atom is -0.508 e. The number of rotatable bonds is 13. The summed E-state index contributed by atoms with van der Waals surface area (Å²) in [5.74, 6) is -3.97. The summed E-state index contributed by atoms with van der Waals surface area (Å²) < 4.78 is 0. The molecule has 1 aromatic carbocycles. The van der Waals surface area contributed by atoms with E-state index in [1.807, 2.05) is 0 Å². The van der Waals surface area contributed by atoms with Gasteiger partial charge in [0.15, 0.2) is 0 Å². The van der Waals surface area contributed by atoms with Crippen LogP contribution in [-0.2, 0) is 25.6 Å². The van der Waals surface area contributed by atoms with Gasteiger partial charge in [0.2, 0.25) is 17.7 Å². The monoisotopic (exact) mass is 480 g/mol. The fraction of sp³-hybridized carbons (Fsp3) is 0.565. The highest BCUT2D eigenvalue weighted by Gasteiger charge is 2.32. The molecule has 11 heteroatoms. The fourth-order valence-corrected chi connectivity index (χ4v) is 3.05. The average molecular weight is 481 g/mol. The normalized spacial score (nSPS) is 15.5. The summed E-state index contributed by atoms with van der Waals surface area (Å²) in [5, 5.41) is 36.0. The lowest BCUT2D eigenvalue weighted by molar-refractivity contribution is -0.143. The first-order valence-corrected chi connectivity index (χ1v) is 11.2. The Balaban J connectivity index is 3.09. The number of carbonyl (C=O) groups is 4. The van der Waals surface area contributed by atoms with Crippen LogP contribution in [0.5, 0.6) is 5.75 Å². The molecule has 0 spiro atoms. The van der Waals surface area contributed by atoms with E-state index in [-0.39, 0.29) is 24.0 Å².